The lowest BCUT2D eigenvalue weighted by atomic mass is 10.2. The fraction of sp³-hybridized carbons (Fsp3) is 0.417. The van der Waals surface area contributed by atoms with E-state index >= 15 is 0 Å². The zero-order valence-corrected chi connectivity index (χ0v) is 11.9. The molecule has 17 heavy (non-hydrogen) atoms. The van der Waals surface area contributed by atoms with E-state index < -0.39 is 5.82 Å². The van der Waals surface area contributed by atoms with Crippen molar-refractivity contribution in [2.24, 2.45) is 0 Å². The molecule has 1 amide bonds. The van der Waals surface area contributed by atoms with Crippen LogP contribution in [-0.4, -0.2) is 29.2 Å². The molecule has 0 spiro atoms. The maximum atomic E-state index is 13.3. The van der Waals surface area contributed by atoms with Crippen LogP contribution in [0.5, 0.6) is 0 Å². The Hall–Kier alpha value is -0.610. The first kappa shape index (κ1) is 14.5. The predicted molar refractivity (Wildman–Crippen MR) is 71.4 cm³/mol. The minimum Gasteiger partial charge on any atom is -0.338 e. The first-order valence-corrected chi connectivity index (χ1v) is 6.91. The van der Waals surface area contributed by atoms with Gasteiger partial charge in [-0.25, -0.2) is 4.39 Å². The number of hydrogen-bond acceptors (Lipinski definition) is 1. The summed E-state index contributed by atoms with van der Waals surface area (Å²) in [6.45, 7) is 3.21. The fourth-order valence-corrected chi connectivity index (χ4v) is 2.16. The van der Waals surface area contributed by atoms with E-state index in [2.05, 4.69) is 15.9 Å². The van der Waals surface area contributed by atoms with Crippen molar-refractivity contribution in [2.45, 2.75) is 13.3 Å². The van der Waals surface area contributed by atoms with Crippen molar-refractivity contribution < 1.29 is 9.18 Å². The summed E-state index contributed by atoms with van der Waals surface area (Å²) < 4.78 is 13.3. The number of carbonyl (C=O) groups excluding carboxylic acids is 1. The lowest BCUT2D eigenvalue weighted by Crippen LogP contribution is -2.33. The smallest absolute Gasteiger partial charge is 0.255 e. The van der Waals surface area contributed by atoms with E-state index in [1.807, 2.05) is 6.92 Å². The lowest BCUT2D eigenvalue weighted by Gasteiger charge is -2.21. The molecule has 0 aliphatic carbocycles. The van der Waals surface area contributed by atoms with E-state index in [1.165, 1.54) is 12.1 Å². The fourth-order valence-electron chi connectivity index (χ4n) is 1.53. The molecule has 0 fully saturated rings. The molecule has 0 atom stereocenters. The highest BCUT2D eigenvalue weighted by molar-refractivity contribution is 9.09. The van der Waals surface area contributed by atoms with E-state index in [1.54, 1.807) is 11.0 Å². The Kier molecular flexibility index (Phi) is 5.92. The zero-order valence-electron chi connectivity index (χ0n) is 9.55. The average Bonchev–Trinajstić information content (AvgIpc) is 2.31. The molecule has 0 bridgehead atoms. The summed E-state index contributed by atoms with van der Waals surface area (Å²) in [5.41, 5.74) is 0.223. The van der Waals surface area contributed by atoms with Crippen LogP contribution in [0, 0.1) is 5.82 Å². The van der Waals surface area contributed by atoms with Crippen LogP contribution in [0.3, 0.4) is 0 Å². The van der Waals surface area contributed by atoms with Crippen molar-refractivity contribution in [1.82, 2.24) is 4.90 Å². The van der Waals surface area contributed by atoms with Gasteiger partial charge in [-0.15, -0.1) is 0 Å². The van der Waals surface area contributed by atoms with Crippen LogP contribution in [0.1, 0.15) is 23.7 Å². The molecule has 94 valence electrons. The third-order valence-electron chi connectivity index (χ3n) is 2.32. The van der Waals surface area contributed by atoms with Gasteiger partial charge in [-0.05, 0) is 18.6 Å². The third kappa shape index (κ3) is 3.68. The molecule has 1 aromatic carbocycles. The number of amides is 1. The van der Waals surface area contributed by atoms with Crippen molar-refractivity contribution in [3.63, 3.8) is 0 Å². The van der Waals surface area contributed by atoms with Gasteiger partial charge in [0.2, 0.25) is 0 Å². The molecule has 2 nitrogen and oxygen atoms in total. The van der Waals surface area contributed by atoms with E-state index in [9.17, 15) is 9.18 Å². The van der Waals surface area contributed by atoms with Gasteiger partial charge in [0.15, 0.2) is 0 Å². The van der Waals surface area contributed by atoms with Gasteiger partial charge in [-0.2, -0.15) is 0 Å². The van der Waals surface area contributed by atoms with Gasteiger partial charge in [-0.1, -0.05) is 40.5 Å². The molecule has 0 radical (unpaired) electrons. The normalized spacial score (nSPS) is 10.4. The first-order chi connectivity index (χ1) is 8.11. The molecule has 0 aliphatic rings. The molecular formula is C12H14BrClFNO. The largest absolute Gasteiger partial charge is 0.338 e. The Balaban J connectivity index is 2.96. The van der Waals surface area contributed by atoms with Crippen LogP contribution in [0.15, 0.2) is 18.2 Å². The van der Waals surface area contributed by atoms with Crippen molar-refractivity contribution in [2.75, 3.05) is 18.4 Å². The minimum atomic E-state index is -0.562. The Morgan fingerprint density at radius 3 is 2.76 bits per heavy atom. The quantitative estimate of drug-likeness (QED) is 0.757. The molecule has 0 aromatic heterocycles. The van der Waals surface area contributed by atoms with E-state index in [0.717, 1.165) is 6.42 Å². The van der Waals surface area contributed by atoms with Crippen molar-refractivity contribution in [3.8, 4) is 0 Å². The summed E-state index contributed by atoms with van der Waals surface area (Å²) in [4.78, 5) is 13.8. The topological polar surface area (TPSA) is 20.3 Å². The summed E-state index contributed by atoms with van der Waals surface area (Å²) in [6.07, 6.45) is 0.853. The van der Waals surface area contributed by atoms with Crippen LogP contribution >= 0.6 is 27.5 Å². The molecule has 0 unspecified atom stereocenters. The molecule has 0 saturated heterocycles. The lowest BCUT2D eigenvalue weighted by molar-refractivity contribution is 0.0766. The van der Waals surface area contributed by atoms with Crippen molar-refractivity contribution in [1.29, 1.82) is 0 Å². The van der Waals surface area contributed by atoms with Gasteiger partial charge < -0.3 is 4.90 Å². The molecule has 0 N–H and O–H groups in total. The van der Waals surface area contributed by atoms with Crippen LogP contribution in [0.2, 0.25) is 5.02 Å². The van der Waals surface area contributed by atoms with Crippen molar-refractivity contribution >= 4 is 33.4 Å². The average molecular weight is 323 g/mol. The second-order valence-corrected chi connectivity index (χ2v) is 4.75. The highest BCUT2D eigenvalue weighted by atomic mass is 79.9. The van der Waals surface area contributed by atoms with Gasteiger partial charge in [0.1, 0.15) is 5.82 Å². The number of hydrogen-bond donors (Lipinski definition) is 0. The molecule has 0 heterocycles. The van der Waals surface area contributed by atoms with Crippen LogP contribution in [0.25, 0.3) is 0 Å². The molecular weight excluding hydrogens is 308 g/mol. The molecule has 0 aliphatic heterocycles. The maximum absolute atomic E-state index is 13.3. The van der Waals surface area contributed by atoms with Crippen LogP contribution < -0.4 is 0 Å². The van der Waals surface area contributed by atoms with Crippen LogP contribution in [0.4, 0.5) is 4.39 Å². The standard InChI is InChI=1S/C12H14BrClFNO/c1-2-7-16(8-6-13)12(17)9-4-3-5-10(15)11(9)14/h3-5H,2,6-8H2,1H3. The first-order valence-electron chi connectivity index (χ1n) is 5.41. The van der Waals surface area contributed by atoms with Gasteiger partial charge in [0.05, 0.1) is 10.6 Å². The number of alkyl halides is 1. The van der Waals surface area contributed by atoms with Gasteiger partial charge in [-0.3, -0.25) is 4.79 Å². The van der Waals surface area contributed by atoms with Gasteiger partial charge in [0.25, 0.3) is 5.91 Å². The number of rotatable bonds is 5. The summed E-state index contributed by atoms with van der Waals surface area (Å²) in [6, 6.07) is 4.28. The second kappa shape index (κ2) is 6.97. The van der Waals surface area contributed by atoms with Gasteiger partial charge in [0, 0.05) is 18.4 Å². The maximum Gasteiger partial charge on any atom is 0.255 e. The summed E-state index contributed by atoms with van der Waals surface area (Å²) in [7, 11) is 0. The Morgan fingerprint density at radius 2 is 2.18 bits per heavy atom. The monoisotopic (exact) mass is 321 g/mol. The molecule has 0 saturated carbocycles. The van der Waals surface area contributed by atoms with E-state index in [4.69, 9.17) is 11.6 Å². The molecule has 1 rings (SSSR count). The SMILES string of the molecule is CCCN(CCBr)C(=O)c1cccc(F)c1Cl. The zero-order chi connectivity index (χ0) is 12.8. The Morgan fingerprint density at radius 1 is 1.47 bits per heavy atom. The minimum absolute atomic E-state index is 0.104. The Bertz CT molecular complexity index is 394. The third-order valence-corrected chi connectivity index (χ3v) is 3.06. The number of halogens is 3. The molecule has 5 heteroatoms. The number of carbonyl (C=O) groups is 1. The number of nitrogens with zero attached hydrogens (tertiary/aromatic N) is 1. The number of benzene rings is 1. The van der Waals surface area contributed by atoms with E-state index in [0.29, 0.717) is 18.4 Å². The van der Waals surface area contributed by atoms with E-state index in [-0.39, 0.29) is 16.5 Å². The highest BCUT2D eigenvalue weighted by Crippen LogP contribution is 2.21. The Labute approximate surface area is 114 Å². The summed E-state index contributed by atoms with van der Waals surface area (Å²) in [5, 5.41) is 0.583. The van der Waals surface area contributed by atoms with Gasteiger partial charge >= 0.3 is 0 Å². The summed E-state index contributed by atoms with van der Waals surface area (Å²) in [5.74, 6) is -0.788. The molecule has 1 aromatic rings. The second-order valence-electron chi connectivity index (χ2n) is 3.58. The van der Waals surface area contributed by atoms with Crippen LogP contribution in [-0.2, 0) is 0 Å². The summed E-state index contributed by atoms with van der Waals surface area (Å²) >= 11 is 9.09. The highest BCUT2D eigenvalue weighted by Gasteiger charge is 2.18. The van der Waals surface area contributed by atoms with Crippen molar-refractivity contribution in [3.05, 3.63) is 34.6 Å². The predicted octanol–water partition coefficient (Wildman–Crippen LogP) is 3.73.